The molecule has 114 valence electrons. The molecule has 0 spiro atoms. The molecule has 1 unspecified atom stereocenters. The third-order valence-corrected chi connectivity index (χ3v) is 4.04. The molecule has 3 rings (SSSR count). The lowest BCUT2D eigenvalue weighted by molar-refractivity contribution is -0.139. The van der Waals surface area contributed by atoms with E-state index in [-0.39, 0.29) is 0 Å². The van der Waals surface area contributed by atoms with Gasteiger partial charge in [0.1, 0.15) is 11.8 Å². The molecule has 1 heterocycles. The molecule has 1 atom stereocenters. The van der Waals surface area contributed by atoms with E-state index in [2.05, 4.69) is 10.2 Å². The number of aliphatic carboxylic acids is 1. The first kappa shape index (κ1) is 14.2. The van der Waals surface area contributed by atoms with Crippen LogP contribution in [0.15, 0.2) is 24.3 Å². The molecule has 0 aromatic heterocycles. The van der Waals surface area contributed by atoms with E-state index in [4.69, 9.17) is 4.74 Å². The number of para-hydroxylation sites is 2. The molecule has 5 nitrogen and oxygen atoms in total. The third-order valence-electron chi connectivity index (χ3n) is 4.04. The summed E-state index contributed by atoms with van der Waals surface area (Å²) in [5.74, 6) is 0.151. The summed E-state index contributed by atoms with van der Waals surface area (Å²) in [7, 11) is 0. The summed E-state index contributed by atoms with van der Waals surface area (Å²) >= 11 is 0. The van der Waals surface area contributed by atoms with Crippen molar-refractivity contribution in [1.82, 2.24) is 5.32 Å². The lowest BCUT2D eigenvalue weighted by atomic mass is 10.1. The zero-order valence-electron chi connectivity index (χ0n) is 12.1. The van der Waals surface area contributed by atoms with E-state index < -0.39 is 12.0 Å². The van der Waals surface area contributed by atoms with Gasteiger partial charge in [0, 0.05) is 19.1 Å². The summed E-state index contributed by atoms with van der Waals surface area (Å²) in [4.78, 5) is 13.6. The molecule has 2 aliphatic rings. The van der Waals surface area contributed by atoms with Crippen molar-refractivity contribution < 1.29 is 14.6 Å². The van der Waals surface area contributed by atoms with Crippen molar-refractivity contribution in [2.24, 2.45) is 0 Å². The number of ether oxygens (including phenoxy) is 1. The Morgan fingerprint density at radius 1 is 1.43 bits per heavy atom. The summed E-state index contributed by atoms with van der Waals surface area (Å²) in [5.41, 5.74) is 1.07. The maximum atomic E-state index is 11.3. The molecular weight excluding hydrogens is 268 g/mol. The summed E-state index contributed by atoms with van der Waals surface area (Å²) in [5, 5.41) is 12.5. The topological polar surface area (TPSA) is 61.8 Å². The minimum absolute atomic E-state index is 0.408. The van der Waals surface area contributed by atoms with Crippen LogP contribution in [0.3, 0.4) is 0 Å². The number of rotatable bonds is 6. The van der Waals surface area contributed by atoms with Crippen LogP contribution in [-0.2, 0) is 4.79 Å². The zero-order valence-corrected chi connectivity index (χ0v) is 12.1. The second kappa shape index (κ2) is 6.35. The van der Waals surface area contributed by atoms with Crippen LogP contribution < -0.4 is 15.0 Å². The Labute approximate surface area is 124 Å². The van der Waals surface area contributed by atoms with Crippen LogP contribution in [0.1, 0.15) is 25.7 Å². The Hall–Kier alpha value is -1.75. The number of carbonyl (C=O) groups is 1. The second-order valence-corrected chi connectivity index (χ2v) is 5.78. The Bertz CT molecular complexity index is 502. The lowest BCUT2D eigenvalue weighted by Crippen LogP contribution is -2.41. The highest BCUT2D eigenvalue weighted by Gasteiger charge is 2.28. The maximum absolute atomic E-state index is 11.3. The Balaban J connectivity index is 1.64. The first-order valence-electron chi connectivity index (χ1n) is 7.69. The van der Waals surface area contributed by atoms with Crippen LogP contribution in [0.4, 0.5) is 5.69 Å². The van der Waals surface area contributed by atoms with Gasteiger partial charge >= 0.3 is 5.97 Å². The van der Waals surface area contributed by atoms with Crippen molar-refractivity contribution >= 4 is 11.7 Å². The summed E-state index contributed by atoms with van der Waals surface area (Å²) in [6.07, 6.45) is 3.77. The standard InChI is InChI=1S/C16H22N2O3/c19-16(20)13(17-12-6-7-12)8-10-18-9-3-11-21-15-5-2-1-4-14(15)18/h1-2,4-5,12-13,17H,3,6-11H2,(H,19,20). The van der Waals surface area contributed by atoms with Gasteiger partial charge in [0.2, 0.25) is 0 Å². The second-order valence-electron chi connectivity index (χ2n) is 5.78. The molecule has 21 heavy (non-hydrogen) atoms. The Kier molecular flexibility index (Phi) is 4.29. The minimum Gasteiger partial charge on any atom is -0.491 e. The first-order chi connectivity index (χ1) is 10.2. The SMILES string of the molecule is O=C(O)C(CCN1CCCOc2ccccc21)NC1CC1. The number of carboxylic acid groups (broad SMARTS) is 1. The van der Waals surface area contributed by atoms with Gasteiger partial charge in [-0.2, -0.15) is 0 Å². The van der Waals surface area contributed by atoms with Crippen LogP contribution >= 0.6 is 0 Å². The highest BCUT2D eigenvalue weighted by molar-refractivity contribution is 5.73. The molecule has 1 fully saturated rings. The van der Waals surface area contributed by atoms with Crippen LogP contribution in [0, 0.1) is 0 Å². The quantitative estimate of drug-likeness (QED) is 0.837. The van der Waals surface area contributed by atoms with E-state index in [0.717, 1.165) is 50.4 Å². The summed E-state index contributed by atoms with van der Waals surface area (Å²) < 4.78 is 5.73. The predicted octanol–water partition coefficient (Wildman–Crippen LogP) is 1.87. The van der Waals surface area contributed by atoms with Crippen molar-refractivity contribution in [3.05, 3.63) is 24.3 Å². The van der Waals surface area contributed by atoms with Crippen molar-refractivity contribution in [2.75, 3.05) is 24.6 Å². The number of hydrogen-bond donors (Lipinski definition) is 2. The number of nitrogens with zero attached hydrogens (tertiary/aromatic N) is 1. The number of carboxylic acids is 1. The highest BCUT2D eigenvalue weighted by Crippen LogP contribution is 2.30. The number of anilines is 1. The Morgan fingerprint density at radius 3 is 3.00 bits per heavy atom. The smallest absolute Gasteiger partial charge is 0.320 e. The third kappa shape index (κ3) is 3.67. The monoisotopic (exact) mass is 290 g/mol. The zero-order chi connectivity index (χ0) is 14.7. The van der Waals surface area contributed by atoms with Crippen LogP contribution in [0.2, 0.25) is 0 Å². The lowest BCUT2D eigenvalue weighted by Gasteiger charge is -2.25. The summed E-state index contributed by atoms with van der Waals surface area (Å²) in [6.45, 7) is 2.36. The normalized spacial score (nSPS) is 19.3. The van der Waals surface area contributed by atoms with Crippen molar-refractivity contribution in [2.45, 2.75) is 37.8 Å². The fraction of sp³-hybridized carbons (Fsp3) is 0.562. The minimum atomic E-state index is -0.749. The molecule has 0 saturated heterocycles. The number of nitrogens with one attached hydrogen (secondary N) is 1. The molecule has 1 aromatic carbocycles. The van der Waals surface area contributed by atoms with E-state index in [9.17, 15) is 9.90 Å². The van der Waals surface area contributed by atoms with E-state index in [1.54, 1.807) is 0 Å². The van der Waals surface area contributed by atoms with E-state index in [1.165, 1.54) is 0 Å². The fourth-order valence-electron chi connectivity index (χ4n) is 2.73. The van der Waals surface area contributed by atoms with Gasteiger partial charge in [-0.05, 0) is 37.8 Å². The van der Waals surface area contributed by atoms with Gasteiger partial charge in [0.05, 0.1) is 12.3 Å². The van der Waals surface area contributed by atoms with Crippen molar-refractivity contribution in [3.8, 4) is 5.75 Å². The van der Waals surface area contributed by atoms with Crippen LogP contribution in [0.25, 0.3) is 0 Å². The number of hydrogen-bond acceptors (Lipinski definition) is 4. The van der Waals surface area contributed by atoms with Gasteiger partial charge in [-0.15, -0.1) is 0 Å². The fourth-order valence-corrected chi connectivity index (χ4v) is 2.73. The average Bonchev–Trinajstić information content (AvgIpc) is 3.30. The molecule has 1 saturated carbocycles. The van der Waals surface area contributed by atoms with Crippen LogP contribution in [-0.4, -0.2) is 42.9 Å². The molecule has 0 bridgehead atoms. The van der Waals surface area contributed by atoms with Crippen molar-refractivity contribution in [3.63, 3.8) is 0 Å². The molecule has 1 aromatic rings. The Morgan fingerprint density at radius 2 is 2.24 bits per heavy atom. The van der Waals surface area contributed by atoms with Gasteiger partial charge in [-0.25, -0.2) is 0 Å². The van der Waals surface area contributed by atoms with Crippen LogP contribution in [0.5, 0.6) is 5.75 Å². The van der Waals surface area contributed by atoms with Crippen molar-refractivity contribution in [1.29, 1.82) is 0 Å². The number of fused-ring (bicyclic) bond motifs is 1. The molecule has 5 heteroatoms. The predicted molar refractivity (Wildman–Crippen MR) is 81.0 cm³/mol. The van der Waals surface area contributed by atoms with Gasteiger partial charge in [-0.3, -0.25) is 4.79 Å². The molecule has 0 radical (unpaired) electrons. The average molecular weight is 290 g/mol. The van der Waals surface area contributed by atoms with E-state index in [0.29, 0.717) is 12.5 Å². The molecule has 0 amide bonds. The molecular formula is C16H22N2O3. The van der Waals surface area contributed by atoms with Gasteiger partial charge in [0.25, 0.3) is 0 Å². The van der Waals surface area contributed by atoms with Gasteiger partial charge in [0.15, 0.2) is 0 Å². The molecule has 2 N–H and O–H groups in total. The van der Waals surface area contributed by atoms with Gasteiger partial charge < -0.3 is 20.1 Å². The highest BCUT2D eigenvalue weighted by atomic mass is 16.5. The maximum Gasteiger partial charge on any atom is 0.320 e. The largest absolute Gasteiger partial charge is 0.491 e. The van der Waals surface area contributed by atoms with Gasteiger partial charge in [-0.1, -0.05) is 12.1 Å². The first-order valence-corrected chi connectivity index (χ1v) is 7.69. The molecule has 1 aliphatic heterocycles. The number of benzene rings is 1. The molecule has 1 aliphatic carbocycles. The van der Waals surface area contributed by atoms with E-state index >= 15 is 0 Å². The van der Waals surface area contributed by atoms with E-state index in [1.807, 2.05) is 24.3 Å². The summed E-state index contributed by atoms with van der Waals surface area (Å²) in [6, 6.07) is 7.95.